The van der Waals surface area contributed by atoms with Crippen LogP contribution in [0, 0.1) is 0 Å². The van der Waals surface area contributed by atoms with E-state index in [1.807, 2.05) is 63.9 Å². The van der Waals surface area contributed by atoms with E-state index in [1.165, 1.54) is 4.31 Å². The fourth-order valence-electron chi connectivity index (χ4n) is 4.88. The van der Waals surface area contributed by atoms with Gasteiger partial charge < -0.3 is 14.6 Å². The van der Waals surface area contributed by atoms with Crippen molar-refractivity contribution in [2.45, 2.75) is 13.1 Å². The number of benzene rings is 2. The molecule has 1 aliphatic rings. The summed E-state index contributed by atoms with van der Waals surface area (Å²) >= 11 is -2.30. The molecule has 0 bridgehead atoms. The van der Waals surface area contributed by atoms with Crippen molar-refractivity contribution in [3.05, 3.63) is 72.6 Å². The summed E-state index contributed by atoms with van der Waals surface area (Å²) in [5.74, 6) is 0.453. The zero-order chi connectivity index (χ0) is 26.8. The first-order valence-electron chi connectivity index (χ1n) is 12.8. The van der Waals surface area contributed by atoms with Gasteiger partial charge in [0.1, 0.15) is 0 Å². The van der Waals surface area contributed by atoms with Crippen molar-refractivity contribution >= 4 is 39.3 Å². The number of ether oxygens (including phenoxy) is 1. The van der Waals surface area contributed by atoms with Crippen LogP contribution in [0.1, 0.15) is 5.56 Å². The number of hydrogen-bond donors (Lipinski definition) is 1. The predicted octanol–water partition coefficient (Wildman–Crippen LogP) is 3.05. The van der Waals surface area contributed by atoms with Crippen molar-refractivity contribution < 1.29 is 13.5 Å². The molecule has 3 aromatic heterocycles. The monoisotopic (exact) mass is 545 g/mol. The number of morpholine rings is 1. The lowest BCUT2D eigenvalue weighted by Gasteiger charge is -2.26. The Labute approximate surface area is 228 Å². The average Bonchev–Trinajstić information content (AvgIpc) is 3.56. The molecule has 1 fully saturated rings. The van der Waals surface area contributed by atoms with Crippen LogP contribution in [0.3, 0.4) is 0 Å². The van der Waals surface area contributed by atoms with Gasteiger partial charge in [-0.3, -0.25) is 13.8 Å². The maximum atomic E-state index is 11.4. The van der Waals surface area contributed by atoms with Crippen LogP contribution >= 0.6 is 0 Å². The highest BCUT2D eigenvalue weighted by Gasteiger charge is 2.14. The average molecular weight is 546 g/mol. The van der Waals surface area contributed by atoms with E-state index in [1.54, 1.807) is 13.2 Å². The largest absolute Gasteiger partial charge is 0.760 e. The summed E-state index contributed by atoms with van der Waals surface area (Å²) in [6, 6.07) is 17.8. The third kappa shape index (κ3) is 5.56. The Bertz CT molecular complexity index is 1630. The van der Waals surface area contributed by atoms with Crippen LogP contribution in [0.15, 0.2) is 67.0 Å². The molecule has 1 atom stereocenters. The van der Waals surface area contributed by atoms with Gasteiger partial charge in [0.2, 0.25) is 5.95 Å². The molecule has 1 saturated heterocycles. The minimum Gasteiger partial charge on any atom is -0.760 e. The number of nitrogens with one attached hydrogen (secondary N) is 1. The summed E-state index contributed by atoms with van der Waals surface area (Å²) in [5.41, 5.74) is 5.39. The maximum Gasteiger partial charge on any atom is 0.245 e. The third-order valence-corrected chi connectivity index (χ3v) is 7.61. The van der Waals surface area contributed by atoms with Crippen LogP contribution in [-0.4, -0.2) is 82.2 Å². The highest BCUT2D eigenvalue weighted by atomic mass is 32.2. The molecular weight excluding hydrogens is 516 g/mol. The van der Waals surface area contributed by atoms with Crippen LogP contribution in [-0.2, 0) is 29.1 Å². The van der Waals surface area contributed by atoms with Crippen molar-refractivity contribution in [2.75, 3.05) is 45.2 Å². The molecule has 39 heavy (non-hydrogen) atoms. The summed E-state index contributed by atoms with van der Waals surface area (Å²) in [7, 11) is 1.55. The van der Waals surface area contributed by atoms with Crippen LogP contribution in [0.4, 0.5) is 11.6 Å². The first kappa shape index (κ1) is 25.6. The molecule has 12 heteroatoms. The van der Waals surface area contributed by atoms with Gasteiger partial charge in [0.25, 0.3) is 0 Å². The van der Waals surface area contributed by atoms with E-state index in [2.05, 4.69) is 26.4 Å². The van der Waals surface area contributed by atoms with Crippen LogP contribution in [0.2, 0.25) is 0 Å². The molecule has 1 unspecified atom stereocenters. The Morgan fingerprint density at radius 2 is 1.92 bits per heavy atom. The highest BCUT2D eigenvalue weighted by molar-refractivity contribution is 7.76. The first-order chi connectivity index (χ1) is 19.0. The molecule has 4 heterocycles. The minimum atomic E-state index is -2.30. The maximum absolute atomic E-state index is 11.4. The zero-order valence-electron chi connectivity index (χ0n) is 21.6. The number of rotatable bonds is 9. The number of fused-ring (bicyclic) bond motifs is 2. The summed E-state index contributed by atoms with van der Waals surface area (Å²) in [4.78, 5) is 6.91. The fraction of sp³-hybridized carbons (Fsp3) is 0.296. The second kappa shape index (κ2) is 11.2. The Kier molecular flexibility index (Phi) is 7.35. The lowest BCUT2D eigenvalue weighted by molar-refractivity contribution is 0.0361. The SMILES string of the molecule is CN(Cc1ccccc1-c1ccc2cnc(Nc3ccc4cnn(CCN5CCOCC5)c4c3)nn12)S(=O)[O-]. The van der Waals surface area contributed by atoms with Crippen molar-refractivity contribution in [3.8, 4) is 11.3 Å². The molecule has 202 valence electrons. The molecule has 1 N–H and O–H groups in total. The van der Waals surface area contributed by atoms with Crippen LogP contribution in [0.5, 0.6) is 0 Å². The second-order valence-corrected chi connectivity index (χ2v) is 10.6. The van der Waals surface area contributed by atoms with Crippen molar-refractivity contribution in [3.63, 3.8) is 0 Å². The standard InChI is InChI=1S/C27H30N8O3S/c1-32(39(36)37)19-21-4-2-3-5-24(21)25-9-8-23-18-28-27(31-35(23)25)30-22-7-6-20-17-29-34(26(20)16-22)11-10-33-12-14-38-15-13-33/h2-9,16-18H,10-15,19H2,1H3,(H,30,31)(H,36,37)/p-1. The van der Waals surface area contributed by atoms with E-state index in [4.69, 9.17) is 9.84 Å². The van der Waals surface area contributed by atoms with E-state index in [0.29, 0.717) is 5.95 Å². The van der Waals surface area contributed by atoms with Gasteiger partial charge in [-0.25, -0.2) is 13.8 Å². The van der Waals surface area contributed by atoms with Gasteiger partial charge in [-0.2, -0.15) is 5.10 Å². The fourth-order valence-corrected chi connectivity index (χ4v) is 5.12. The Morgan fingerprint density at radius 3 is 2.77 bits per heavy atom. The molecule has 11 nitrogen and oxygen atoms in total. The van der Waals surface area contributed by atoms with Gasteiger partial charge in [-0.1, -0.05) is 24.3 Å². The van der Waals surface area contributed by atoms with Crippen LogP contribution in [0.25, 0.3) is 27.7 Å². The van der Waals surface area contributed by atoms with Gasteiger partial charge in [-0.05, 0) is 42.9 Å². The molecule has 0 spiro atoms. The van der Waals surface area contributed by atoms with Gasteiger partial charge in [0, 0.05) is 54.1 Å². The molecular formula is C27H29N8O3S-. The van der Waals surface area contributed by atoms with Gasteiger partial charge in [-0.15, -0.1) is 5.10 Å². The number of nitrogens with zero attached hydrogens (tertiary/aromatic N) is 7. The molecule has 0 radical (unpaired) electrons. The Morgan fingerprint density at radius 1 is 1.08 bits per heavy atom. The Hall–Kier alpha value is -3.68. The normalized spacial score (nSPS) is 15.4. The van der Waals surface area contributed by atoms with Crippen molar-refractivity contribution in [2.24, 2.45) is 0 Å². The molecule has 5 aromatic rings. The van der Waals surface area contributed by atoms with E-state index < -0.39 is 11.3 Å². The van der Waals surface area contributed by atoms with Gasteiger partial charge >= 0.3 is 0 Å². The highest BCUT2D eigenvalue weighted by Crippen LogP contribution is 2.27. The number of aromatic nitrogens is 5. The van der Waals surface area contributed by atoms with E-state index >= 15 is 0 Å². The topological polar surface area (TPSA) is 116 Å². The van der Waals surface area contributed by atoms with Crippen LogP contribution < -0.4 is 5.32 Å². The quantitative estimate of drug-likeness (QED) is 0.281. The smallest absolute Gasteiger partial charge is 0.245 e. The third-order valence-electron chi connectivity index (χ3n) is 6.97. The van der Waals surface area contributed by atoms with Crippen molar-refractivity contribution in [1.29, 1.82) is 0 Å². The summed E-state index contributed by atoms with van der Waals surface area (Å²) in [6.07, 6.45) is 3.66. The number of hydrogen-bond acceptors (Lipinski definition) is 8. The molecule has 6 rings (SSSR count). The lowest BCUT2D eigenvalue weighted by Crippen LogP contribution is -2.38. The zero-order valence-corrected chi connectivity index (χ0v) is 22.4. The lowest BCUT2D eigenvalue weighted by atomic mass is 10.0. The van der Waals surface area contributed by atoms with E-state index in [9.17, 15) is 8.76 Å². The Balaban J connectivity index is 1.25. The van der Waals surface area contributed by atoms with Crippen molar-refractivity contribution in [1.82, 2.24) is 33.6 Å². The van der Waals surface area contributed by atoms with E-state index in [0.717, 1.165) is 78.3 Å². The predicted molar refractivity (Wildman–Crippen MR) is 149 cm³/mol. The first-order valence-corrected chi connectivity index (χ1v) is 13.8. The molecule has 0 aliphatic carbocycles. The number of anilines is 2. The summed E-state index contributed by atoms with van der Waals surface area (Å²) in [6.45, 7) is 5.46. The molecule has 2 aromatic carbocycles. The van der Waals surface area contributed by atoms with Gasteiger partial charge in [0.05, 0.1) is 48.9 Å². The minimum absolute atomic E-state index is 0.259. The second-order valence-electron chi connectivity index (χ2n) is 9.52. The molecule has 0 amide bonds. The molecule has 1 aliphatic heterocycles. The van der Waals surface area contributed by atoms with E-state index in [-0.39, 0.29) is 6.54 Å². The molecule has 0 saturated carbocycles. The van der Waals surface area contributed by atoms with Gasteiger partial charge in [0.15, 0.2) is 0 Å². The summed E-state index contributed by atoms with van der Waals surface area (Å²) in [5, 5.41) is 13.8. The summed E-state index contributed by atoms with van der Waals surface area (Å²) < 4.78 is 33.4.